The number of aryl methyl sites for hydroxylation is 2. The zero-order valence-electron chi connectivity index (χ0n) is 13.1. The van der Waals surface area contributed by atoms with Gasteiger partial charge in [-0.05, 0) is 29.3 Å². The van der Waals surface area contributed by atoms with Crippen LogP contribution in [0.15, 0.2) is 4.47 Å². The quantitative estimate of drug-likeness (QED) is 0.845. The van der Waals surface area contributed by atoms with Gasteiger partial charge in [0.25, 0.3) is 0 Å². The lowest BCUT2D eigenvalue weighted by Crippen LogP contribution is -2.49. The third kappa shape index (κ3) is 3.33. The highest BCUT2D eigenvalue weighted by atomic mass is 79.9. The Hall–Kier alpha value is -0.430. The molecule has 0 aliphatic carbocycles. The van der Waals surface area contributed by atoms with E-state index < -0.39 is 11.7 Å². The molecule has 2 rings (SSSR count). The Morgan fingerprint density at radius 1 is 1.43 bits per heavy atom. The Morgan fingerprint density at radius 3 is 2.62 bits per heavy atom. The van der Waals surface area contributed by atoms with Gasteiger partial charge in [0.2, 0.25) is 0 Å². The number of hydrogen-bond acceptors (Lipinski definition) is 4. The number of rotatable bonds is 6. The number of aromatic nitrogens is 2. The second kappa shape index (κ2) is 7.22. The normalized spacial score (nSPS) is 19.7. The van der Waals surface area contributed by atoms with E-state index in [1.165, 1.54) is 0 Å². The van der Waals surface area contributed by atoms with Crippen LogP contribution in [0.2, 0.25) is 0 Å². The summed E-state index contributed by atoms with van der Waals surface area (Å²) < 4.78 is 14.1. The highest BCUT2D eigenvalue weighted by molar-refractivity contribution is 9.10. The van der Waals surface area contributed by atoms with Gasteiger partial charge in [-0.25, -0.2) is 0 Å². The summed E-state index contributed by atoms with van der Waals surface area (Å²) in [6.45, 7) is 6.22. The van der Waals surface area contributed by atoms with Gasteiger partial charge in [-0.15, -0.1) is 0 Å². The minimum atomic E-state index is -0.561. The third-order valence-electron chi connectivity index (χ3n) is 4.43. The molecule has 1 atom stereocenters. The fourth-order valence-corrected chi connectivity index (χ4v) is 3.70. The molecule has 120 valence electrons. The Bertz CT molecular complexity index is 470. The summed E-state index contributed by atoms with van der Waals surface area (Å²) in [6.07, 6.45) is 2.30. The fraction of sp³-hybridized carbons (Fsp3) is 0.800. The molecule has 1 aromatic rings. The van der Waals surface area contributed by atoms with Crippen LogP contribution in [0.3, 0.4) is 0 Å². The first-order valence-corrected chi connectivity index (χ1v) is 8.42. The standard InChI is InChI=1S/C15H25BrN2O3/c1-4-11-14(16)12(18(5-2)17-11)10-13(19)15(20-3)6-8-21-9-7-15/h13,19H,4-10H2,1-3H3. The average molecular weight is 361 g/mol. The zero-order valence-corrected chi connectivity index (χ0v) is 14.6. The van der Waals surface area contributed by atoms with Crippen LogP contribution >= 0.6 is 15.9 Å². The summed E-state index contributed by atoms with van der Waals surface area (Å²) in [5.74, 6) is 0. The largest absolute Gasteiger partial charge is 0.390 e. The Morgan fingerprint density at radius 2 is 2.10 bits per heavy atom. The number of aliphatic hydroxyl groups excluding tert-OH is 1. The summed E-state index contributed by atoms with van der Waals surface area (Å²) in [7, 11) is 1.68. The number of hydrogen-bond donors (Lipinski definition) is 1. The van der Waals surface area contributed by atoms with E-state index in [-0.39, 0.29) is 0 Å². The van der Waals surface area contributed by atoms with E-state index in [1.54, 1.807) is 7.11 Å². The second-order valence-corrected chi connectivity index (χ2v) is 6.27. The molecular formula is C15H25BrN2O3. The lowest BCUT2D eigenvalue weighted by molar-refractivity contribution is -0.152. The van der Waals surface area contributed by atoms with E-state index in [4.69, 9.17) is 9.47 Å². The van der Waals surface area contributed by atoms with Gasteiger partial charge in [0.15, 0.2) is 0 Å². The minimum Gasteiger partial charge on any atom is -0.390 e. The first kappa shape index (κ1) is 16.9. The average Bonchev–Trinajstić information content (AvgIpc) is 2.83. The molecule has 21 heavy (non-hydrogen) atoms. The van der Waals surface area contributed by atoms with Crippen LogP contribution < -0.4 is 0 Å². The molecule has 1 saturated heterocycles. The van der Waals surface area contributed by atoms with Gasteiger partial charge in [-0.2, -0.15) is 5.10 Å². The van der Waals surface area contributed by atoms with Crippen LogP contribution in [0.1, 0.15) is 38.1 Å². The van der Waals surface area contributed by atoms with Gasteiger partial charge < -0.3 is 14.6 Å². The summed E-state index contributed by atoms with van der Waals surface area (Å²) >= 11 is 3.64. The van der Waals surface area contributed by atoms with E-state index in [2.05, 4.69) is 34.9 Å². The summed E-state index contributed by atoms with van der Waals surface area (Å²) in [4.78, 5) is 0. The van der Waals surface area contributed by atoms with Crippen LogP contribution in [0, 0.1) is 0 Å². The number of aliphatic hydroxyl groups is 1. The van der Waals surface area contributed by atoms with E-state index in [1.807, 2.05) is 4.68 Å². The maximum Gasteiger partial charge on any atom is 0.0983 e. The number of methoxy groups -OCH3 is 1. The smallest absolute Gasteiger partial charge is 0.0983 e. The van der Waals surface area contributed by atoms with Crippen molar-refractivity contribution >= 4 is 15.9 Å². The van der Waals surface area contributed by atoms with E-state index >= 15 is 0 Å². The summed E-state index contributed by atoms with van der Waals surface area (Å²) in [6, 6.07) is 0. The van der Waals surface area contributed by atoms with Gasteiger partial charge >= 0.3 is 0 Å². The molecule has 2 heterocycles. The molecule has 1 unspecified atom stereocenters. The molecule has 0 spiro atoms. The van der Waals surface area contributed by atoms with Crippen molar-refractivity contribution in [2.75, 3.05) is 20.3 Å². The molecule has 1 aliphatic heterocycles. The SMILES string of the molecule is CCc1nn(CC)c(CC(O)C2(OC)CCOCC2)c1Br. The highest BCUT2D eigenvalue weighted by Gasteiger charge is 2.40. The van der Waals surface area contributed by atoms with Crippen molar-refractivity contribution in [3.05, 3.63) is 15.9 Å². The fourth-order valence-electron chi connectivity index (χ4n) is 2.97. The lowest BCUT2D eigenvalue weighted by atomic mass is 9.85. The molecule has 6 heteroatoms. The summed E-state index contributed by atoms with van der Waals surface area (Å²) in [5, 5.41) is 15.3. The maximum absolute atomic E-state index is 10.8. The first-order chi connectivity index (χ1) is 10.1. The maximum atomic E-state index is 10.8. The van der Waals surface area contributed by atoms with Crippen molar-refractivity contribution in [3.8, 4) is 0 Å². The molecule has 0 saturated carbocycles. The molecule has 1 aromatic heterocycles. The monoisotopic (exact) mass is 360 g/mol. The van der Waals surface area contributed by atoms with Gasteiger partial charge in [0.05, 0.1) is 27.6 Å². The molecule has 1 N–H and O–H groups in total. The minimum absolute atomic E-state index is 0.507. The molecule has 0 radical (unpaired) electrons. The predicted molar refractivity (Wildman–Crippen MR) is 84.5 cm³/mol. The van der Waals surface area contributed by atoms with Crippen molar-refractivity contribution < 1.29 is 14.6 Å². The predicted octanol–water partition coefficient (Wildman–Crippen LogP) is 2.33. The molecule has 0 aromatic carbocycles. The molecular weight excluding hydrogens is 336 g/mol. The summed E-state index contributed by atoms with van der Waals surface area (Å²) in [5.41, 5.74) is 1.58. The second-order valence-electron chi connectivity index (χ2n) is 5.48. The molecule has 0 amide bonds. The number of ether oxygens (including phenoxy) is 2. The molecule has 5 nitrogen and oxygen atoms in total. The number of halogens is 1. The van der Waals surface area contributed by atoms with Crippen LogP contribution in [-0.4, -0.2) is 46.9 Å². The van der Waals surface area contributed by atoms with Crippen molar-refractivity contribution in [3.63, 3.8) is 0 Å². The number of nitrogens with zero attached hydrogens (tertiary/aromatic N) is 2. The van der Waals surface area contributed by atoms with Gasteiger partial charge in [0.1, 0.15) is 0 Å². The Balaban J connectivity index is 2.22. The van der Waals surface area contributed by atoms with E-state index in [0.717, 1.165) is 41.7 Å². The molecule has 0 bridgehead atoms. The van der Waals surface area contributed by atoms with Crippen molar-refractivity contribution in [1.82, 2.24) is 9.78 Å². The highest BCUT2D eigenvalue weighted by Crippen LogP contribution is 2.32. The Labute approximate surface area is 134 Å². The molecule has 1 aliphatic rings. The third-order valence-corrected chi connectivity index (χ3v) is 5.35. The van der Waals surface area contributed by atoms with Crippen LogP contribution in [-0.2, 0) is 28.9 Å². The van der Waals surface area contributed by atoms with Crippen molar-refractivity contribution in [2.45, 2.75) is 57.8 Å². The van der Waals surface area contributed by atoms with E-state index in [9.17, 15) is 5.11 Å². The van der Waals surface area contributed by atoms with Crippen LogP contribution in [0.4, 0.5) is 0 Å². The van der Waals surface area contributed by atoms with Crippen LogP contribution in [0.25, 0.3) is 0 Å². The molecule has 1 fully saturated rings. The van der Waals surface area contributed by atoms with E-state index in [0.29, 0.717) is 19.6 Å². The van der Waals surface area contributed by atoms with Crippen molar-refractivity contribution in [1.29, 1.82) is 0 Å². The van der Waals surface area contributed by atoms with Crippen LogP contribution in [0.5, 0.6) is 0 Å². The first-order valence-electron chi connectivity index (χ1n) is 7.63. The van der Waals surface area contributed by atoms with Gasteiger partial charge in [-0.3, -0.25) is 4.68 Å². The zero-order chi connectivity index (χ0) is 15.5. The lowest BCUT2D eigenvalue weighted by Gasteiger charge is -2.39. The van der Waals surface area contributed by atoms with Crippen molar-refractivity contribution in [2.24, 2.45) is 0 Å². The van der Waals surface area contributed by atoms with Gasteiger partial charge in [-0.1, -0.05) is 6.92 Å². The topological polar surface area (TPSA) is 56.5 Å². The Kier molecular flexibility index (Phi) is 5.82. The van der Waals surface area contributed by atoms with Gasteiger partial charge in [0, 0.05) is 46.1 Å².